The van der Waals surface area contributed by atoms with E-state index in [4.69, 9.17) is 0 Å². The molecule has 1 aliphatic rings. The molecule has 1 N–H and O–H groups in total. The van der Waals surface area contributed by atoms with Crippen molar-refractivity contribution in [2.75, 3.05) is 27.2 Å². The van der Waals surface area contributed by atoms with Crippen LogP contribution in [0.25, 0.3) is 5.76 Å². The van der Waals surface area contributed by atoms with Crippen LogP contribution in [0.3, 0.4) is 0 Å². The second kappa shape index (κ2) is 7.85. The summed E-state index contributed by atoms with van der Waals surface area (Å²) in [7, 11) is 3.79. The topological polar surface area (TPSA) is 99.5 Å². The molecule has 0 saturated carbocycles. The van der Waals surface area contributed by atoms with Crippen LogP contribution in [0, 0.1) is 13.8 Å². The van der Waals surface area contributed by atoms with Gasteiger partial charge in [-0.25, -0.2) is 9.97 Å². The van der Waals surface area contributed by atoms with Gasteiger partial charge in [0.2, 0.25) is 0 Å². The Balaban J connectivity index is 2.16. The van der Waals surface area contributed by atoms with Gasteiger partial charge in [-0.3, -0.25) is 14.6 Å². The van der Waals surface area contributed by atoms with E-state index in [-0.39, 0.29) is 11.3 Å². The van der Waals surface area contributed by atoms with Crippen LogP contribution in [0.2, 0.25) is 0 Å². The summed E-state index contributed by atoms with van der Waals surface area (Å²) < 4.78 is 0. The number of carbonyl (C=O) groups excluding carboxylic acids is 2. The largest absolute Gasteiger partial charge is 0.507 e. The number of amides is 1. The van der Waals surface area contributed by atoms with Gasteiger partial charge in [0.1, 0.15) is 11.6 Å². The molecule has 0 radical (unpaired) electrons. The Labute approximate surface area is 163 Å². The Morgan fingerprint density at radius 3 is 2.50 bits per heavy atom. The van der Waals surface area contributed by atoms with Crippen LogP contribution in [0.15, 0.2) is 36.3 Å². The van der Waals surface area contributed by atoms with Crippen LogP contribution in [0.4, 0.5) is 0 Å². The van der Waals surface area contributed by atoms with Gasteiger partial charge in [-0.1, -0.05) is 0 Å². The number of aromatic nitrogens is 3. The van der Waals surface area contributed by atoms with Gasteiger partial charge < -0.3 is 14.9 Å². The zero-order chi connectivity index (χ0) is 20.4. The summed E-state index contributed by atoms with van der Waals surface area (Å²) in [6, 6.07) is 2.79. The van der Waals surface area contributed by atoms with Crippen LogP contribution in [0.5, 0.6) is 0 Å². The third kappa shape index (κ3) is 3.63. The van der Waals surface area contributed by atoms with E-state index in [1.807, 2.05) is 19.0 Å². The molecule has 3 rings (SSSR count). The molecule has 0 aliphatic carbocycles. The molecule has 1 aliphatic heterocycles. The monoisotopic (exact) mass is 381 g/mol. The highest BCUT2D eigenvalue weighted by Crippen LogP contribution is 2.39. The van der Waals surface area contributed by atoms with Crippen molar-refractivity contribution < 1.29 is 14.7 Å². The average Bonchev–Trinajstić information content (AvgIpc) is 2.91. The molecule has 0 bridgehead atoms. The lowest BCUT2D eigenvalue weighted by Crippen LogP contribution is -2.35. The third-order valence-electron chi connectivity index (χ3n) is 4.70. The maximum atomic E-state index is 12.9. The van der Waals surface area contributed by atoms with Crippen LogP contribution in [-0.4, -0.2) is 68.7 Å². The standard InChI is InChI=1S/C20H23N5O3/c1-12-15(11-22-13(2)23-12)18(26)16-17(14-5-7-21-8-6-14)25(10-9-24(3)4)20(28)19(16)27/h5-8,11,17,26H,9-10H2,1-4H3. The number of nitrogens with zero attached hydrogens (tertiary/aromatic N) is 5. The van der Waals surface area contributed by atoms with E-state index < -0.39 is 17.7 Å². The van der Waals surface area contributed by atoms with E-state index in [2.05, 4.69) is 15.0 Å². The van der Waals surface area contributed by atoms with E-state index in [9.17, 15) is 14.7 Å². The van der Waals surface area contributed by atoms with Crippen molar-refractivity contribution >= 4 is 17.4 Å². The molecule has 3 heterocycles. The third-order valence-corrected chi connectivity index (χ3v) is 4.70. The van der Waals surface area contributed by atoms with Crippen molar-refractivity contribution in [3.63, 3.8) is 0 Å². The molecule has 146 valence electrons. The minimum atomic E-state index is -0.710. The summed E-state index contributed by atoms with van der Waals surface area (Å²) in [4.78, 5) is 41.4. The van der Waals surface area contributed by atoms with E-state index in [1.165, 1.54) is 11.1 Å². The first kappa shape index (κ1) is 19.6. The molecule has 8 heteroatoms. The first-order valence-electron chi connectivity index (χ1n) is 8.95. The van der Waals surface area contributed by atoms with Crippen molar-refractivity contribution in [3.8, 4) is 0 Å². The summed E-state index contributed by atoms with van der Waals surface area (Å²) in [6.45, 7) is 4.41. The highest BCUT2D eigenvalue weighted by molar-refractivity contribution is 6.46. The molecular weight excluding hydrogens is 358 g/mol. The van der Waals surface area contributed by atoms with Crippen LogP contribution < -0.4 is 0 Å². The van der Waals surface area contributed by atoms with E-state index in [0.29, 0.717) is 35.7 Å². The number of likely N-dealkylation sites (tertiary alicyclic amines) is 1. The van der Waals surface area contributed by atoms with E-state index >= 15 is 0 Å². The lowest BCUT2D eigenvalue weighted by Gasteiger charge is -2.26. The zero-order valence-electron chi connectivity index (χ0n) is 16.4. The Kier molecular flexibility index (Phi) is 5.51. The summed E-state index contributed by atoms with van der Waals surface area (Å²) in [6.07, 6.45) is 4.67. The van der Waals surface area contributed by atoms with Gasteiger partial charge in [0.05, 0.1) is 22.9 Å². The average molecular weight is 381 g/mol. The summed E-state index contributed by atoms with van der Waals surface area (Å²) >= 11 is 0. The number of likely N-dealkylation sites (N-methyl/N-ethyl adjacent to an activating group) is 1. The fourth-order valence-electron chi connectivity index (χ4n) is 3.27. The van der Waals surface area contributed by atoms with Crippen molar-refractivity contribution in [3.05, 3.63) is 58.9 Å². The smallest absolute Gasteiger partial charge is 0.295 e. The van der Waals surface area contributed by atoms with Crippen molar-refractivity contribution in [1.29, 1.82) is 0 Å². The predicted molar refractivity (Wildman–Crippen MR) is 103 cm³/mol. The van der Waals surface area contributed by atoms with Crippen molar-refractivity contribution in [2.24, 2.45) is 0 Å². The number of carbonyl (C=O) groups is 2. The molecule has 8 nitrogen and oxygen atoms in total. The fraction of sp³-hybridized carbons (Fsp3) is 0.350. The molecule has 1 atom stereocenters. The second-order valence-corrected chi connectivity index (χ2v) is 6.99. The Hall–Kier alpha value is -3.13. The Bertz CT molecular complexity index is 940. The predicted octanol–water partition coefficient (Wildman–Crippen LogP) is 1.47. The molecule has 28 heavy (non-hydrogen) atoms. The van der Waals surface area contributed by atoms with Gasteiger partial charge in [0.15, 0.2) is 0 Å². The maximum absolute atomic E-state index is 12.9. The van der Waals surface area contributed by atoms with Crippen LogP contribution in [-0.2, 0) is 9.59 Å². The van der Waals surface area contributed by atoms with Crippen molar-refractivity contribution in [1.82, 2.24) is 24.8 Å². The highest BCUT2D eigenvalue weighted by Gasteiger charge is 2.46. The normalized spacial score (nSPS) is 18.9. The number of ketones is 1. The number of Topliss-reactive ketones (excluding diaryl/α,β-unsaturated/α-hetero) is 1. The van der Waals surface area contributed by atoms with Gasteiger partial charge in [-0.2, -0.15) is 0 Å². The van der Waals surface area contributed by atoms with Gasteiger partial charge >= 0.3 is 0 Å². The summed E-state index contributed by atoms with van der Waals surface area (Å²) in [5.41, 5.74) is 1.64. The first-order chi connectivity index (χ1) is 13.3. The van der Waals surface area contributed by atoms with Crippen LogP contribution >= 0.6 is 0 Å². The molecule has 0 aromatic carbocycles. The highest BCUT2D eigenvalue weighted by atomic mass is 16.3. The molecular formula is C20H23N5O3. The molecule has 1 saturated heterocycles. The molecule has 1 unspecified atom stereocenters. The number of rotatable bonds is 5. The molecule has 1 fully saturated rings. The number of aliphatic hydroxyl groups is 1. The number of hydrogen-bond acceptors (Lipinski definition) is 7. The zero-order valence-corrected chi connectivity index (χ0v) is 16.4. The molecule has 0 spiro atoms. The minimum absolute atomic E-state index is 0.0468. The number of pyridine rings is 1. The first-order valence-corrected chi connectivity index (χ1v) is 8.95. The van der Waals surface area contributed by atoms with E-state index in [0.717, 1.165) is 0 Å². The van der Waals surface area contributed by atoms with Gasteiger partial charge in [-0.05, 0) is 45.6 Å². The Morgan fingerprint density at radius 2 is 1.89 bits per heavy atom. The fourth-order valence-corrected chi connectivity index (χ4v) is 3.27. The SMILES string of the molecule is Cc1ncc(C(O)=C2C(=O)C(=O)N(CCN(C)C)C2c2ccncc2)c(C)n1. The minimum Gasteiger partial charge on any atom is -0.507 e. The molecule has 2 aromatic heterocycles. The number of hydrogen-bond donors (Lipinski definition) is 1. The lowest BCUT2D eigenvalue weighted by atomic mass is 9.96. The summed E-state index contributed by atoms with van der Waals surface area (Å²) in [5.74, 6) is -1.04. The maximum Gasteiger partial charge on any atom is 0.295 e. The summed E-state index contributed by atoms with van der Waals surface area (Å²) in [5, 5.41) is 11.0. The second-order valence-electron chi connectivity index (χ2n) is 6.99. The quantitative estimate of drug-likeness (QED) is 0.476. The van der Waals surface area contributed by atoms with Gasteiger partial charge in [0, 0.05) is 31.7 Å². The Morgan fingerprint density at radius 1 is 1.21 bits per heavy atom. The van der Waals surface area contributed by atoms with E-state index in [1.54, 1.807) is 38.4 Å². The van der Waals surface area contributed by atoms with Gasteiger partial charge in [0.25, 0.3) is 11.7 Å². The van der Waals surface area contributed by atoms with Crippen LogP contribution in [0.1, 0.15) is 28.7 Å². The number of aliphatic hydroxyl groups excluding tert-OH is 1. The van der Waals surface area contributed by atoms with Crippen molar-refractivity contribution in [2.45, 2.75) is 19.9 Å². The molecule has 2 aromatic rings. The lowest BCUT2D eigenvalue weighted by molar-refractivity contribution is -0.140. The van der Waals surface area contributed by atoms with Gasteiger partial charge in [-0.15, -0.1) is 0 Å². The number of aryl methyl sites for hydroxylation is 2. The molecule has 1 amide bonds.